The topological polar surface area (TPSA) is 69.1 Å². The molecule has 0 aliphatic carbocycles. The number of rotatable bonds is 2. The van der Waals surface area contributed by atoms with Crippen LogP contribution in [0.2, 0.25) is 0 Å². The highest BCUT2D eigenvalue weighted by atomic mass is 16.4. The molecule has 0 spiro atoms. The van der Waals surface area contributed by atoms with Gasteiger partial charge in [0.15, 0.2) is 5.16 Å². The quantitative estimate of drug-likeness (QED) is 0.275. The van der Waals surface area contributed by atoms with E-state index in [0.717, 1.165) is 11.1 Å². The summed E-state index contributed by atoms with van der Waals surface area (Å²) in [6, 6.07) is 12.8. The predicted octanol–water partition coefficient (Wildman–Crippen LogP) is 1.47. The van der Waals surface area contributed by atoms with Crippen molar-refractivity contribution in [2.75, 3.05) is 0 Å². The van der Waals surface area contributed by atoms with E-state index in [9.17, 15) is 0 Å². The Labute approximate surface area is 104 Å². The normalized spacial score (nSPS) is 11.9. The van der Waals surface area contributed by atoms with Crippen LogP contribution in [0.15, 0.2) is 65.2 Å². The highest BCUT2D eigenvalue weighted by Crippen LogP contribution is 1.99. The van der Waals surface area contributed by atoms with Gasteiger partial charge in [0.1, 0.15) is 0 Å². The van der Waals surface area contributed by atoms with Crippen LogP contribution in [-0.2, 0) is 0 Å². The average Bonchev–Trinajstić information content (AvgIpc) is 2.43. The van der Waals surface area contributed by atoms with Gasteiger partial charge in [-0.3, -0.25) is 0 Å². The first-order valence-electron chi connectivity index (χ1n) is 5.32. The molecule has 0 fully saturated rings. The molecule has 0 saturated heterocycles. The molecule has 0 radical (unpaired) electrons. The van der Waals surface area contributed by atoms with E-state index in [0.29, 0.717) is 5.84 Å². The summed E-state index contributed by atoms with van der Waals surface area (Å²) in [5.41, 5.74) is 1.55. The minimum Gasteiger partial charge on any atom is -0.411 e. The maximum atomic E-state index is 9.11. The van der Waals surface area contributed by atoms with Gasteiger partial charge in [0, 0.05) is 5.56 Å². The van der Waals surface area contributed by atoms with Gasteiger partial charge in [0.25, 0.3) is 0 Å². The number of hydrogen-bond acceptors (Lipinski definition) is 4. The van der Waals surface area contributed by atoms with Crippen LogP contribution in [0.4, 0.5) is 0 Å². The molecule has 5 nitrogen and oxygen atoms in total. The van der Waals surface area contributed by atoms with Gasteiger partial charge < -0.3 is 10.4 Å². The van der Waals surface area contributed by atoms with E-state index in [1.807, 2.05) is 30.3 Å². The van der Waals surface area contributed by atoms with Crippen LogP contribution in [-0.4, -0.2) is 22.5 Å². The Morgan fingerprint density at radius 2 is 1.67 bits per heavy atom. The molecule has 5 heteroatoms. The number of benzene rings is 1. The third-order valence-electron chi connectivity index (χ3n) is 2.43. The highest BCUT2D eigenvalue weighted by molar-refractivity contribution is 5.91. The zero-order valence-electron chi connectivity index (χ0n) is 9.51. The Hall–Kier alpha value is -2.69. The van der Waals surface area contributed by atoms with Gasteiger partial charge in [0.2, 0.25) is 0 Å². The number of nitrogens with zero attached hydrogens (tertiary/aromatic N) is 3. The molecule has 1 aromatic heterocycles. The lowest BCUT2D eigenvalue weighted by Crippen LogP contribution is -2.42. The van der Waals surface area contributed by atoms with Gasteiger partial charge in [-0.2, -0.15) is 4.57 Å². The maximum absolute atomic E-state index is 9.11. The number of pyridine rings is 1. The second-order valence-electron chi connectivity index (χ2n) is 3.57. The zero-order chi connectivity index (χ0) is 12.8. The first-order chi connectivity index (χ1) is 8.85. The van der Waals surface area contributed by atoms with Crippen molar-refractivity contribution in [2.45, 2.75) is 0 Å². The van der Waals surface area contributed by atoms with E-state index >= 15 is 0 Å². The smallest absolute Gasteiger partial charge is 0.381 e. The third kappa shape index (κ3) is 2.52. The SMILES string of the molecule is ON=Cc1cc[n+](C(=NO)c2ccccc2)cc1. The van der Waals surface area contributed by atoms with E-state index in [2.05, 4.69) is 10.3 Å². The lowest BCUT2D eigenvalue weighted by molar-refractivity contribution is -0.555. The van der Waals surface area contributed by atoms with Crippen molar-refractivity contribution < 1.29 is 15.0 Å². The van der Waals surface area contributed by atoms with E-state index in [1.54, 1.807) is 29.1 Å². The van der Waals surface area contributed by atoms with Gasteiger partial charge in [-0.1, -0.05) is 23.4 Å². The van der Waals surface area contributed by atoms with Crippen LogP contribution in [0, 0.1) is 0 Å². The Balaban J connectivity index is 2.35. The molecule has 0 aliphatic heterocycles. The lowest BCUT2D eigenvalue weighted by atomic mass is 10.2. The summed E-state index contributed by atoms with van der Waals surface area (Å²) in [6.07, 6.45) is 4.76. The summed E-state index contributed by atoms with van der Waals surface area (Å²) in [4.78, 5) is 0. The molecule has 2 aromatic rings. The molecule has 0 bridgehead atoms. The van der Waals surface area contributed by atoms with Crippen LogP contribution in [0.1, 0.15) is 11.1 Å². The van der Waals surface area contributed by atoms with Gasteiger partial charge >= 0.3 is 5.84 Å². The Bertz CT molecular complexity index is 563. The first-order valence-corrected chi connectivity index (χ1v) is 5.32. The van der Waals surface area contributed by atoms with Crippen molar-refractivity contribution in [3.8, 4) is 0 Å². The van der Waals surface area contributed by atoms with Crippen LogP contribution in [0.25, 0.3) is 0 Å². The fourth-order valence-electron chi connectivity index (χ4n) is 1.58. The molecule has 0 atom stereocenters. The van der Waals surface area contributed by atoms with Gasteiger partial charge in [-0.25, -0.2) is 0 Å². The molecule has 0 aliphatic rings. The number of hydrogen-bond donors (Lipinski definition) is 2. The summed E-state index contributed by atoms with van der Waals surface area (Å²) >= 11 is 0. The second kappa shape index (κ2) is 5.58. The molecule has 1 aromatic carbocycles. The average molecular weight is 242 g/mol. The van der Waals surface area contributed by atoms with Gasteiger partial charge in [-0.15, -0.1) is 0 Å². The Kier molecular flexibility index (Phi) is 3.66. The van der Waals surface area contributed by atoms with Crippen LogP contribution >= 0.6 is 0 Å². The largest absolute Gasteiger partial charge is 0.411 e. The second-order valence-corrected chi connectivity index (χ2v) is 3.57. The molecule has 90 valence electrons. The van der Waals surface area contributed by atoms with Gasteiger partial charge in [-0.05, 0) is 24.3 Å². The van der Waals surface area contributed by atoms with E-state index in [-0.39, 0.29) is 0 Å². The molecule has 18 heavy (non-hydrogen) atoms. The molecule has 2 rings (SSSR count). The Morgan fingerprint density at radius 1 is 1.00 bits per heavy atom. The lowest BCUT2D eigenvalue weighted by Gasteiger charge is -1.99. The van der Waals surface area contributed by atoms with Crippen molar-refractivity contribution in [1.82, 2.24) is 0 Å². The Morgan fingerprint density at radius 3 is 2.22 bits per heavy atom. The monoisotopic (exact) mass is 242 g/mol. The van der Waals surface area contributed by atoms with Crippen molar-refractivity contribution in [3.63, 3.8) is 0 Å². The standard InChI is InChI=1S/C13H11N3O2/c17-14-10-11-6-8-16(9-7-11)13(15-18)12-4-2-1-3-5-12/h1-10,18H/p+1. The van der Waals surface area contributed by atoms with E-state index in [4.69, 9.17) is 10.4 Å². The molecule has 0 amide bonds. The van der Waals surface area contributed by atoms with Crippen LogP contribution in [0.5, 0.6) is 0 Å². The van der Waals surface area contributed by atoms with Crippen molar-refractivity contribution >= 4 is 12.1 Å². The highest BCUT2D eigenvalue weighted by Gasteiger charge is 2.15. The predicted molar refractivity (Wildman–Crippen MR) is 66.2 cm³/mol. The van der Waals surface area contributed by atoms with Gasteiger partial charge in [0.05, 0.1) is 24.2 Å². The fourth-order valence-corrected chi connectivity index (χ4v) is 1.58. The van der Waals surface area contributed by atoms with Crippen molar-refractivity contribution in [1.29, 1.82) is 0 Å². The summed E-state index contributed by atoms with van der Waals surface area (Å²) in [5, 5.41) is 23.8. The minimum absolute atomic E-state index is 0.420. The summed E-state index contributed by atoms with van der Waals surface area (Å²) in [6.45, 7) is 0. The summed E-state index contributed by atoms with van der Waals surface area (Å²) in [7, 11) is 0. The first kappa shape index (κ1) is 11.8. The minimum atomic E-state index is 0.420. The fraction of sp³-hybridized carbons (Fsp3) is 0. The number of oxime groups is 2. The maximum Gasteiger partial charge on any atom is 0.381 e. The molecule has 2 N–H and O–H groups in total. The van der Waals surface area contributed by atoms with Crippen LogP contribution < -0.4 is 4.57 Å². The summed E-state index contributed by atoms with van der Waals surface area (Å²) in [5.74, 6) is 0.420. The van der Waals surface area contributed by atoms with Crippen molar-refractivity contribution in [2.24, 2.45) is 10.3 Å². The summed E-state index contributed by atoms with van der Waals surface area (Å²) < 4.78 is 1.67. The van der Waals surface area contributed by atoms with Crippen molar-refractivity contribution in [3.05, 3.63) is 66.0 Å². The number of aromatic nitrogens is 1. The van der Waals surface area contributed by atoms with Crippen LogP contribution in [0.3, 0.4) is 0 Å². The molecule has 1 heterocycles. The molecular formula is C13H12N3O2+. The van der Waals surface area contributed by atoms with E-state index in [1.165, 1.54) is 6.21 Å². The third-order valence-corrected chi connectivity index (χ3v) is 2.43. The molecule has 0 unspecified atom stereocenters. The molecular weight excluding hydrogens is 230 g/mol. The zero-order valence-corrected chi connectivity index (χ0v) is 9.51. The van der Waals surface area contributed by atoms with E-state index < -0.39 is 0 Å². The molecule has 0 saturated carbocycles.